The number of nitriles is 1. The van der Waals surface area contributed by atoms with E-state index in [2.05, 4.69) is 5.32 Å². The molecule has 3 aliphatic heterocycles. The zero-order chi connectivity index (χ0) is 24.2. The smallest absolute Gasteiger partial charge is 0.332 e. The van der Waals surface area contributed by atoms with Crippen LogP contribution in [-0.4, -0.2) is 69.6 Å². The number of urea groups is 2. The maximum Gasteiger partial charge on any atom is 0.332 e. The third kappa shape index (κ3) is 3.38. The van der Waals surface area contributed by atoms with Gasteiger partial charge in [0.1, 0.15) is 18.2 Å². The zero-order valence-electron chi connectivity index (χ0n) is 18.4. The summed E-state index contributed by atoms with van der Waals surface area (Å²) in [6.45, 7) is 5.45. The molecule has 3 saturated heterocycles. The van der Waals surface area contributed by atoms with Crippen LogP contribution in [-0.2, 0) is 9.59 Å². The molecule has 1 aromatic carbocycles. The average Bonchev–Trinajstić information content (AvgIpc) is 3.45. The van der Waals surface area contributed by atoms with Gasteiger partial charge in [0.25, 0.3) is 5.91 Å². The van der Waals surface area contributed by atoms with Crippen LogP contribution < -0.4 is 10.2 Å². The summed E-state index contributed by atoms with van der Waals surface area (Å²) in [5.74, 6) is -1.85. The number of anilines is 1. The maximum absolute atomic E-state index is 13.4. The van der Waals surface area contributed by atoms with Crippen LogP contribution in [0.5, 0.6) is 0 Å². The lowest BCUT2D eigenvalue weighted by molar-refractivity contribution is -0.140. The normalized spacial score (nSPS) is 25.2. The molecule has 0 radical (unpaired) electrons. The lowest BCUT2D eigenvalue weighted by atomic mass is 9.99. The molecule has 2 bridgehead atoms. The number of carboxylic acid groups (broad SMARTS) is 1. The first-order valence-corrected chi connectivity index (χ1v) is 11.2. The Morgan fingerprint density at radius 2 is 2.06 bits per heavy atom. The largest absolute Gasteiger partial charge is 0.480 e. The second-order valence-electron chi connectivity index (χ2n) is 8.75. The van der Waals surface area contributed by atoms with Crippen molar-refractivity contribution >= 4 is 41.2 Å². The first-order valence-electron chi connectivity index (χ1n) is 10.8. The first-order chi connectivity index (χ1) is 15.6. The summed E-state index contributed by atoms with van der Waals surface area (Å²) in [7, 11) is 0. The lowest BCUT2D eigenvalue weighted by Crippen LogP contribution is -2.59. The van der Waals surface area contributed by atoms with E-state index < -0.39 is 42.1 Å². The second kappa shape index (κ2) is 8.23. The van der Waals surface area contributed by atoms with Gasteiger partial charge in [0, 0.05) is 6.54 Å². The number of nitrogens with zero attached hydrogens (tertiary/aromatic N) is 4. The number of amides is 5. The fraction of sp³-hybridized carbons (Fsp3) is 0.500. The predicted molar refractivity (Wildman–Crippen MR) is 118 cm³/mol. The van der Waals surface area contributed by atoms with E-state index in [1.165, 1.54) is 21.9 Å². The van der Waals surface area contributed by atoms with E-state index in [4.69, 9.17) is 16.9 Å². The second-order valence-corrected chi connectivity index (χ2v) is 9.13. The SMILES string of the molecule is CC[C@H](C)[C@H](NC(=O)N1CC2CC1C1C(=O)N(c3ccc(C#N)c(Cl)c3C)C(=O)N21)C(=O)O. The standard InChI is InChI=1S/C22H24ClN5O5/c1-4-10(2)17(20(30)31)25-21(32)26-9-13-7-15(26)18-19(29)28(22(33)27(13)18)14-6-5-12(8-24)16(23)11(14)3/h5-6,10,13,15,17-18H,4,7,9H2,1-3H3,(H,25,32)(H,30,31)/t10-,13?,15?,17-,18?/m0/s1. The van der Waals surface area contributed by atoms with E-state index in [1.807, 2.05) is 13.0 Å². The molecule has 3 unspecified atom stereocenters. The molecule has 1 aromatic rings. The van der Waals surface area contributed by atoms with Gasteiger partial charge in [-0.05, 0) is 37.0 Å². The summed E-state index contributed by atoms with van der Waals surface area (Å²) < 4.78 is 0. The van der Waals surface area contributed by atoms with Gasteiger partial charge < -0.3 is 20.2 Å². The van der Waals surface area contributed by atoms with E-state index in [9.17, 15) is 24.3 Å². The summed E-state index contributed by atoms with van der Waals surface area (Å²) in [5.41, 5.74) is 0.995. The van der Waals surface area contributed by atoms with Crippen molar-refractivity contribution in [3.05, 3.63) is 28.3 Å². The van der Waals surface area contributed by atoms with E-state index in [0.717, 1.165) is 4.90 Å². The van der Waals surface area contributed by atoms with Crippen molar-refractivity contribution in [2.24, 2.45) is 5.92 Å². The zero-order valence-corrected chi connectivity index (χ0v) is 19.2. The summed E-state index contributed by atoms with van der Waals surface area (Å²) in [5, 5.41) is 21.4. The maximum atomic E-state index is 13.4. The van der Waals surface area contributed by atoms with E-state index in [1.54, 1.807) is 13.8 Å². The Morgan fingerprint density at radius 3 is 2.67 bits per heavy atom. The number of likely N-dealkylation sites (tertiary alicyclic amines) is 1. The quantitative estimate of drug-likeness (QED) is 0.630. The predicted octanol–water partition coefficient (Wildman–Crippen LogP) is 2.32. The van der Waals surface area contributed by atoms with Crippen molar-refractivity contribution in [1.29, 1.82) is 5.26 Å². The molecule has 4 rings (SSSR count). The van der Waals surface area contributed by atoms with Crippen LogP contribution >= 0.6 is 11.6 Å². The Labute approximate surface area is 195 Å². The minimum atomic E-state index is -1.12. The molecule has 174 valence electrons. The summed E-state index contributed by atoms with van der Waals surface area (Å²) in [4.78, 5) is 55.2. The van der Waals surface area contributed by atoms with Gasteiger partial charge in [-0.3, -0.25) is 4.79 Å². The van der Waals surface area contributed by atoms with Gasteiger partial charge in [0.15, 0.2) is 0 Å². The highest BCUT2D eigenvalue weighted by molar-refractivity contribution is 6.33. The van der Waals surface area contributed by atoms with Crippen molar-refractivity contribution in [3.63, 3.8) is 0 Å². The Kier molecular flexibility index (Phi) is 5.70. The molecule has 0 aromatic heterocycles. The van der Waals surface area contributed by atoms with Gasteiger partial charge in [0.05, 0.1) is 28.4 Å². The molecule has 2 N–H and O–H groups in total. The number of halogens is 1. The molecular weight excluding hydrogens is 450 g/mol. The number of nitrogens with one attached hydrogen (secondary N) is 1. The summed E-state index contributed by atoms with van der Waals surface area (Å²) >= 11 is 6.24. The molecular formula is C22H24ClN5O5. The van der Waals surface area contributed by atoms with Gasteiger partial charge in [-0.25, -0.2) is 19.3 Å². The fourth-order valence-electron chi connectivity index (χ4n) is 5.01. The minimum absolute atomic E-state index is 0.177. The van der Waals surface area contributed by atoms with E-state index in [0.29, 0.717) is 24.1 Å². The molecule has 10 nitrogen and oxygen atoms in total. The van der Waals surface area contributed by atoms with Gasteiger partial charge >= 0.3 is 18.0 Å². The van der Waals surface area contributed by atoms with Gasteiger partial charge in [0.2, 0.25) is 0 Å². The Balaban J connectivity index is 1.58. The Hall–Kier alpha value is -3.32. The first kappa shape index (κ1) is 22.9. The van der Waals surface area contributed by atoms with Crippen molar-refractivity contribution in [1.82, 2.24) is 15.1 Å². The number of aliphatic carboxylic acids is 1. The number of benzene rings is 1. The monoisotopic (exact) mass is 473 g/mol. The molecule has 5 atom stereocenters. The highest BCUT2D eigenvalue weighted by Gasteiger charge is 2.63. The van der Waals surface area contributed by atoms with Crippen molar-refractivity contribution in [2.75, 3.05) is 11.4 Å². The average molecular weight is 474 g/mol. The van der Waals surface area contributed by atoms with E-state index >= 15 is 0 Å². The number of piperazine rings is 1. The number of imide groups is 1. The molecule has 33 heavy (non-hydrogen) atoms. The molecule has 5 amide bonds. The van der Waals surface area contributed by atoms with Crippen LogP contribution in [0, 0.1) is 24.2 Å². The van der Waals surface area contributed by atoms with Crippen LogP contribution in [0.3, 0.4) is 0 Å². The van der Waals surface area contributed by atoms with Crippen LogP contribution in [0.15, 0.2) is 12.1 Å². The topological polar surface area (TPSA) is 134 Å². The third-order valence-electron chi connectivity index (χ3n) is 7.00. The molecule has 3 aliphatic rings. The number of carbonyl (C=O) groups excluding carboxylic acids is 3. The van der Waals surface area contributed by atoms with E-state index in [-0.39, 0.29) is 29.1 Å². The third-order valence-corrected chi connectivity index (χ3v) is 7.49. The molecule has 11 heteroatoms. The fourth-order valence-corrected chi connectivity index (χ4v) is 5.22. The number of hydrogen-bond acceptors (Lipinski definition) is 5. The highest BCUT2D eigenvalue weighted by Crippen LogP contribution is 2.43. The molecule has 3 heterocycles. The van der Waals surface area contributed by atoms with Crippen LogP contribution in [0.2, 0.25) is 5.02 Å². The highest BCUT2D eigenvalue weighted by atomic mass is 35.5. The van der Waals surface area contributed by atoms with Crippen LogP contribution in [0.25, 0.3) is 0 Å². The summed E-state index contributed by atoms with van der Waals surface area (Å²) in [6.07, 6.45) is 1.03. The number of hydrogen-bond donors (Lipinski definition) is 2. The van der Waals surface area contributed by atoms with Crippen LogP contribution in [0.4, 0.5) is 15.3 Å². The Bertz CT molecular complexity index is 1100. The summed E-state index contributed by atoms with van der Waals surface area (Å²) in [6, 6.07) is 1.15. The lowest BCUT2D eigenvalue weighted by Gasteiger charge is -2.35. The van der Waals surface area contributed by atoms with Crippen LogP contribution in [0.1, 0.15) is 37.8 Å². The van der Waals surface area contributed by atoms with Crippen molar-refractivity contribution in [2.45, 2.75) is 57.8 Å². The number of fused-ring (bicyclic) bond motifs is 5. The number of rotatable bonds is 5. The molecule has 3 fully saturated rings. The minimum Gasteiger partial charge on any atom is -0.480 e. The van der Waals surface area contributed by atoms with Gasteiger partial charge in [-0.2, -0.15) is 5.26 Å². The Morgan fingerprint density at radius 1 is 1.36 bits per heavy atom. The van der Waals surface area contributed by atoms with Gasteiger partial charge in [-0.15, -0.1) is 0 Å². The van der Waals surface area contributed by atoms with Crippen molar-refractivity contribution < 1.29 is 24.3 Å². The molecule has 0 saturated carbocycles. The number of carbonyl (C=O) groups is 4. The molecule has 0 aliphatic carbocycles. The number of carboxylic acids is 1. The van der Waals surface area contributed by atoms with Crippen molar-refractivity contribution in [3.8, 4) is 6.07 Å². The molecule has 0 spiro atoms. The van der Waals surface area contributed by atoms with Gasteiger partial charge in [-0.1, -0.05) is 31.9 Å².